The molecule has 0 saturated heterocycles. The number of ether oxygens (including phenoxy) is 2. The van der Waals surface area contributed by atoms with Crippen molar-refractivity contribution < 1.29 is 19.1 Å². The SMILES string of the molecule is CC(C)[C@@H]1CC[C@@H](C)C[C@@H]1OC(=O)COC(=O)c1cccnc1Cl. The van der Waals surface area contributed by atoms with Crippen LogP contribution in [0.2, 0.25) is 5.15 Å². The van der Waals surface area contributed by atoms with Crippen molar-refractivity contribution in [3.63, 3.8) is 0 Å². The molecule has 0 spiro atoms. The molecule has 2 rings (SSSR count). The molecule has 1 saturated carbocycles. The molecule has 0 unspecified atom stereocenters. The molecule has 6 heteroatoms. The zero-order valence-electron chi connectivity index (χ0n) is 14.3. The van der Waals surface area contributed by atoms with Gasteiger partial charge in [-0.3, -0.25) is 0 Å². The maximum Gasteiger partial charge on any atom is 0.344 e. The summed E-state index contributed by atoms with van der Waals surface area (Å²) in [6.07, 6.45) is 4.44. The largest absolute Gasteiger partial charge is 0.460 e. The molecule has 1 aromatic rings. The van der Waals surface area contributed by atoms with E-state index in [1.165, 1.54) is 12.3 Å². The summed E-state index contributed by atoms with van der Waals surface area (Å²) in [7, 11) is 0. The van der Waals surface area contributed by atoms with Gasteiger partial charge in [-0.1, -0.05) is 38.8 Å². The summed E-state index contributed by atoms with van der Waals surface area (Å²) < 4.78 is 10.6. The zero-order chi connectivity index (χ0) is 17.7. The molecule has 24 heavy (non-hydrogen) atoms. The Labute approximate surface area is 147 Å². The van der Waals surface area contributed by atoms with E-state index in [-0.39, 0.29) is 16.8 Å². The molecule has 0 aromatic carbocycles. The fourth-order valence-corrected chi connectivity index (χ4v) is 3.39. The number of hydrogen-bond donors (Lipinski definition) is 0. The van der Waals surface area contributed by atoms with Crippen molar-refractivity contribution in [2.45, 2.75) is 46.1 Å². The fraction of sp³-hybridized carbons (Fsp3) is 0.611. The minimum absolute atomic E-state index is 0.0526. The Morgan fingerprint density at radius 1 is 1.38 bits per heavy atom. The van der Waals surface area contributed by atoms with E-state index in [0.29, 0.717) is 17.8 Å². The highest BCUT2D eigenvalue weighted by atomic mass is 35.5. The normalized spacial score (nSPS) is 23.8. The summed E-state index contributed by atoms with van der Waals surface area (Å²) in [6, 6.07) is 3.08. The van der Waals surface area contributed by atoms with Crippen molar-refractivity contribution in [2.75, 3.05) is 6.61 Å². The first-order valence-corrected chi connectivity index (χ1v) is 8.73. The molecule has 1 aliphatic rings. The van der Waals surface area contributed by atoms with Crippen LogP contribution < -0.4 is 0 Å². The molecular formula is C18H24ClNO4. The molecule has 1 heterocycles. The quantitative estimate of drug-likeness (QED) is 0.593. The van der Waals surface area contributed by atoms with Gasteiger partial charge in [-0.25, -0.2) is 14.6 Å². The van der Waals surface area contributed by atoms with E-state index in [0.717, 1.165) is 19.3 Å². The Hall–Kier alpha value is -1.62. The van der Waals surface area contributed by atoms with Gasteiger partial charge in [0.25, 0.3) is 0 Å². The van der Waals surface area contributed by atoms with E-state index in [9.17, 15) is 9.59 Å². The number of aromatic nitrogens is 1. The van der Waals surface area contributed by atoms with E-state index in [1.54, 1.807) is 6.07 Å². The van der Waals surface area contributed by atoms with Gasteiger partial charge >= 0.3 is 11.9 Å². The molecular weight excluding hydrogens is 330 g/mol. The van der Waals surface area contributed by atoms with Crippen LogP contribution in [0, 0.1) is 17.8 Å². The molecule has 1 aliphatic carbocycles. The third kappa shape index (κ3) is 4.94. The van der Waals surface area contributed by atoms with Crippen LogP contribution in [-0.2, 0) is 14.3 Å². The van der Waals surface area contributed by atoms with Gasteiger partial charge in [-0.05, 0) is 42.7 Å². The minimum atomic E-state index is -0.678. The lowest BCUT2D eigenvalue weighted by Crippen LogP contribution is -2.36. The average Bonchev–Trinajstić information content (AvgIpc) is 2.53. The second kappa shape index (κ2) is 8.47. The van der Waals surface area contributed by atoms with Crippen LogP contribution in [0.3, 0.4) is 0 Å². The average molecular weight is 354 g/mol. The first-order chi connectivity index (χ1) is 11.4. The number of halogens is 1. The topological polar surface area (TPSA) is 65.5 Å². The molecule has 1 aromatic heterocycles. The van der Waals surface area contributed by atoms with E-state index in [4.69, 9.17) is 21.1 Å². The lowest BCUT2D eigenvalue weighted by Gasteiger charge is -2.36. The number of nitrogens with zero attached hydrogens (tertiary/aromatic N) is 1. The summed E-state index contributed by atoms with van der Waals surface area (Å²) in [6.45, 7) is 6.04. The molecule has 0 aliphatic heterocycles. The van der Waals surface area contributed by atoms with Crippen LogP contribution in [0.15, 0.2) is 18.3 Å². The number of carbonyl (C=O) groups is 2. The van der Waals surface area contributed by atoms with Gasteiger partial charge in [0.1, 0.15) is 11.3 Å². The Kier molecular flexibility index (Phi) is 6.60. The van der Waals surface area contributed by atoms with Crippen LogP contribution in [-0.4, -0.2) is 29.6 Å². The first-order valence-electron chi connectivity index (χ1n) is 8.35. The third-order valence-corrected chi connectivity index (χ3v) is 4.85. The van der Waals surface area contributed by atoms with Crippen molar-refractivity contribution in [1.29, 1.82) is 0 Å². The van der Waals surface area contributed by atoms with E-state index in [2.05, 4.69) is 25.8 Å². The van der Waals surface area contributed by atoms with Gasteiger partial charge in [-0.2, -0.15) is 0 Å². The summed E-state index contributed by atoms with van der Waals surface area (Å²) in [5.41, 5.74) is 0.137. The monoisotopic (exact) mass is 353 g/mol. The molecule has 132 valence electrons. The molecule has 1 fully saturated rings. The maximum absolute atomic E-state index is 12.1. The predicted molar refractivity (Wildman–Crippen MR) is 90.8 cm³/mol. The third-order valence-electron chi connectivity index (χ3n) is 4.54. The Morgan fingerprint density at radius 3 is 2.79 bits per heavy atom. The fourth-order valence-electron chi connectivity index (χ4n) is 3.19. The zero-order valence-corrected chi connectivity index (χ0v) is 15.1. The molecule has 0 amide bonds. The number of pyridine rings is 1. The molecule has 0 N–H and O–H groups in total. The second-order valence-electron chi connectivity index (χ2n) is 6.77. The van der Waals surface area contributed by atoms with Crippen LogP contribution >= 0.6 is 11.6 Å². The highest BCUT2D eigenvalue weighted by Crippen LogP contribution is 2.35. The lowest BCUT2D eigenvalue weighted by molar-refractivity contribution is -0.159. The summed E-state index contributed by atoms with van der Waals surface area (Å²) in [5.74, 6) is 0.144. The van der Waals surface area contributed by atoms with Gasteiger partial charge in [0.05, 0.1) is 5.56 Å². The minimum Gasteiger partial charge on any atom is -0.460 e. The van der Waals surface area contributed by atoms with Crippen molar-refractivity contribution in [2.24, 2.45) is 17.8 Å². The van der Waals surface area contributed by atoms with Gasteiger partial charge in [0.15, 0.2) is 6.61 Å². The summed E-state index contributed by atoms with van der Waals surface area (Å²) in [5, 5.41) is 0.0526. The Balaban J connectivity index is 1.88. The van der Waals surface area contributed by atoms with Crippen molar-refractivity contribution in [3.8, 4) is 0 Å². The van der Waals surface area contributed by atoms with Gasteiger partial charge in [0, 0.05) is 6.20 Å². The standard InChI is InChI=1S/C18H24ClNO4/c1-11(2)13-7-6-12(3)9-15(13)24-16(21)10-23-18(22)14-5-4-8-20-17(14)19/h4-5,8,11-13,15H,6-7,9-10H2,1-3H3/t12-,13+,15+/m1/s1. The van der Waals surface area contributed by atoms with Crippen molar-refractivity contribution in [1.82, 2.24) is 4.98 Å². The highest BCUT2D eigenvalue weighted by Gasteiger charge is 2.33. The number of rotatable bonds is 5. The van der Waals surface area contributed by atoms with E-state index in [1.807, 2.05) is 0 Å². The summed E-state index contributed by atoms with van der Waals surface area (Å²) >= 11 is 5.83. The van der Waals surface area contributed by atoms with Crippen LogP contribution in [0.1, 0.15) is 50.4 Å². The highest BCUT2D eigenvalue weighted by molar-refractivity contribution is 6.32. The van der Waals surface area contributed by atoms with Crippen LogP contribution in [0.4, 0.5) is 0 Å². The number of esters is 2. The molecule has 0 bridgehead atoms. The van der Waals surface area contributed by atoms with Crippen LogP contribution in [0.5, 0.6) is 0 Å². The van der Waals surface area contributed by atoms with Gasteiger partial charge in [-0.15, -0.1) is 0 Å². The van der Waals surface area contributed by atoms with Crippen molar-refractivity contribution >= 4 is 23.5 Å². The number of carbonyl (C=O) groups excluding carboxylic acids is 2. The number of hydrogen-bond acceptors (Lipinski definition) is 5. The maximum atomic E-state index is 12.1. The first kappa shape index (κ1) is 18.7. The smallest absolute Gasteiger partial charge is 0.344 e. The van der Waals surface area contributed by atoms with E-state index < -0.39 is 18.5 Å². The van der Waals surface area contributed by atoms with E-state index >= 15 is 0 Å². The van der Waals surface area contributed by atoms with Gasteiger partial charge < -0.3 is 9.47 Å². The second-order valence-corrected chi connectivity index (χ2v) is 7.13. The summed E-state index contributed by atoms with van der Waals surface area (Å²) in [4.78, 5) is 27.8. The van der Waals surface area contributed by atoms with Crippen molar-refractivity contribution in [3.05, 3.63) is 29.0 Å². The molecule has 3 atom stereocenters. The lowest BCUT2D eigenvalue weighted by atomic mass is 9.75. The molecule has 0 radical (unpaired) electrons. The predicted octanol–water partition coefficient (Wildman–Crippen LogP) is 3.90. The molecule has 5 nitrogen and oxygen atoms in total. The van der Waals surface area contributed by atoms with Crippen LogP contribution in [0.25, 0.3) is 0 Å². The van der Waals surface area contributed by atoms with Gasteiger partial charge in [0.2, 0.25) is 0 Å². The Morgan fingerprint density at radius 2 is 2.12 bits per heavy atom. The Bertz CT molecular complexity index is 590.